The lowest BCUT2D eigenvalue weighted by atomic mass is 9.94. The minimum atomic E-state index is -1.38. The van der Waals surface area contributed by atoms with Gasteiger partial charge in [0.15, 0.2) is 17.4 Å². The molecular weight excluding hydrogens is 533 g/mol. The number of nitrogens with one attached hydrogen (secondary N) is 2. The Morgan fingerprint density at radius 2 is 1.69 bits per heavy atom. The van der Waals surface area contributed by atoms with Gasteiger partial charge in [0.1, 0.15) is 19.0 Å². The van der Waals surface area contributed by atoms with Gasteiger partial charge in [0.2, 0.25) is 5.82 Å². The van der Waals surface area contributed by atoms with Gasteiger partial charge in [-0.3, -0.25) is 0 Å². The number of ether oxygens (including phenoxy) is 2. The quantitative estimate of drug-likeness (QED) is 0.213. The zero-order chi connectivity index (χ0) is 28.2. The van der Waals surface area contributed by atoms with Gasteiger partial charge in [-0.1, -0.05) is 48.9 Å². The van der Waals surface area contributed by atoms with E-state index in [9.17, 15) is 23.1 Å². The smallest absolute Gasteiger partial charge is 0.333 e. The van der Waals surface area contributed by atoms with Crippen molar-refractivity contribution < 1.29 is 32.5 Å². The molecule has 208 valence electrons. The van der Waals surface area contributed by atoms with Gasteiger partial charge in [0, 0.05) is 18.1 Å². The number of hydrogen-bond donors (Lipinski definition) is 3. The van der Waals surface area contributed by atoms with E-state index in [4.69, 9.17) is 21.1 Å². The molecule has 0 amide bonds. The van der Waals surface area contributed by atoms with Crippen LogP contribution in [0.25, 0.3) is 5.57 Å². The first-order valence-electron chi connectivity index (χ1n) is 12.4. The Labute approximate surface area is 230 Å². The van der Waals surface area contributed by atoms with Crippen molar-refractivity contribution in [3.8, 4) is 11.5 Å². The molecule has 0 aromatic heterocycles. The molecule has 6 nitrogen and oxygen atoms in total. The fourth-order valence-electron chi connectivity index (χ4n) is 3.81. The van der Waals surface area contributed by atoms with Gasteiger partial charge in [0.25, 0.3) is 0 Å². The van der Waals surface area contributed by atoms with Crippen LogP contribution in [0.5, 0.6) is 11.5 Å². The summed E-state index contributed by atoms with van der Waals surface area (Å²) >= 11 is 5.92. The Morgan fingerprint density at radius 3 is 2.38 bits per heavy atom. The van der Waals surface area contributed by atoms with Crippen LogP contribution < -0.4 is 20.1 Å². The standard InChI is InChI=1S/C20H18F3NO4.C9H12ClN/c21-16-5-6-17(22)19(18(16)23)28-10-9-27-13-3-1-12(2-4-13)14-7-8-24-11-15(14)20(25)26;1-2-11-7-8-5-3-4-6-9(8)10/h1-6,24H,7-11H2,(H,25,26);3-6,11H,2,7H2,1H3. The second kappa shape index (κ2) is 15.2. The molecule has 0 bridgehead atoms. The Bertz CT molecular complexity index is 1290. The summed E-state index contributed by atoms with van der Waals surface area (Å²) in [7, 11) is 0. The Balaban J connectivity index is 0.000000320. The third kappa shape index (κ3) is 8.74. The van der Waals surface area contributed by atoms with Gasteiger partial charge in [-0.05, 0) is 66.5 Å². The van der Waals surface area contributed by atoms with Crippen LogP contribution in [-0.4, -0.2) is 43.9 Å². The number of halogens is 4. The fraction of sp³-hybridized carbons (Fsp3) is 0.276. The van der Waals surface area contributed by atoms with E-state index in [-0.39, 0.29) is 13.2 Å². The molecule has 0 saturated heterocycles. The highest BCUT2D eigenvalue weighted by molar-refractivity contribution is 6.31. The van der Waals surface area contributed by atoms with Crippen LogP contribution in [0.1, 0.15) is 24.5 Å². The number of carboxylic acids is 1. The van der Waals surface area contributed by atoms with Crippen molar-refractivity contribution in [2.45, 2.75) is 19.9 Å². The van der Waals surface area contributed by atoms with Crippen LogP contribution in [0.15, 0.2) is 66.2 Å². The molecule has 3 aromatic carbocycles. The van der Waals surface area contributed by atoms with Crippen LogP contribution >= 0.6 is 11.6 Å². The lowest BCUT2D eigenvalue weighted by molar-refractivity contribution is -0.132. The van der Waals surface area contributed by atoms with Crippen molar-refractivity contribution in [1.29, 1.82) is 0 Å². The molecule has 0 aliphatic carbocycles. The van der Waals surface area contributed by atoms with Crippen molar-refractivity contribution in [3.05, 3.63) is 99.8 Å². The summed E-state index contributed by atoms with van der Waals surface area (Å²) in [5, 5.41) is 16.4. The van der Waals surface area contributed by atoms with Crippen LogP contribution in [-0.2, 0) is 11.3 Å². The van der Waals surface area contributed by atoms with E-state index in [0.29, 0.717) is 36.9 Å². The third-order valence-electron chi connectivity index (χ3n) is 5.80. The van der Waals surface area contributed by atoms with Crippen LogP contribution in [0.3, 0.4) is 0 Å². The van der Waals surface area contributed by atoms with E-state index >= 15 is 0 Å². The number of rotatable bonds is 10. The molecule has 1 aliphatic heterocycles. The summed E-state index contributed by atoms with van der Waals surface area (Å²) in [6.45, 7) is 4.74. The number of hydrogen-bond acceptors (Lipinski definition) is 5. The lowest BCUT2D eigenvalue weighted by Crippen LogP contribution is -2.28. The largest absolute Gasteiger partial charge is 0.490 e. The van der Waals surface area contributed by atoms with E-state index in [1.54, 1.807) is 24.3 Å². The molecule has 0 fully saturated rings. The van der Waals surface area contributed by atoms with Gasteiger partial charge in [-0.25, -0.2) is 13.6 Å². The topological polar surface area (TPSA) is 79.8 Å². The molecule has 1 heterocycles. The van der Waals surface area contributed by atoms with Gasteiger partial charge in [-0.2, -0.15) is 4.39 Å². The summed E-state index contributed by atoms with van der Waals surface area (Å²) in [5.41, 5.74) is 3.08. The van der Waals surface area contributed by atoms with Crippen molar-refractivity contribution in [2.24, 2.45) is 0 Å². The van der Waals surface area contributed by atoms with Crippen molar-refractivity contribution >= 4 is 23.1 Å². The second-order valence-corrected chi connectivity index (χ2v) is 8.86. The first-order chi connectivity index (χ1) is 18.8. The zero-order valence-electron chi connectivity index (χ0n) is 21.4. The van der Waals surface area contributed by atoms with Gasteiger partial charge >= 0.3 is 5.97 Å². The van der Waals surface area contributed by atoms with Gasteiger partial charge < -0.3 is 25.2 Å². The Morgan fingerprint density at radius 1 is 1.00 bits per heavy atom. The molecule has 3 N–H and O–H groups in total. The lowest BCUT2D eigenvalue weighted by Gasteiger charge is -2.19. The number of aliphatic carboxylic acids is 1. The highest BCUT2D eigenvalue weighted by Gasteiger charge is 2.19. The molecule has 4 rings (SSSR count). The summed E-state index contributed by atoms with van der Waals surface area (Å²) in [4.78, 5) is 11.4. The maximum Gasteiger partial charge on any atom is 0.333 e. The predicted octanol–water partition coefficient (Wildman–Crippen LogP) is 5.84. The van der Waals surface area contributed by atoms with Crippen molar-refractivity contribution in [1.82, 2.24) is 10.6 Å². The molecule has 0 saturated carbocycles. The maximum absolute atomic E-state index is 13.5. The Kier molecular flexibility index (Phi) is 11.7. The van der Waals surface area contributed by atoms with E-state index in [1.807, 2.05) is 24.3 Å². The molecule has 39 heavy (non-hydrogen) atoms. The molecule has 0 atom stereocenters. The molecule has 0 unspecified atom stereocenters. The first-order valence-corrected chi connectivity index (χ1v) is 12.8. The summed E-state index contributed by atoms with van der Waals surface area (Å²) < 4.78 is 50.4. The average molecular weight is 563 g/mol. The van der Waals surface area contributed by atoms with Gasteiger partial charge in [0.05, 0.1) is 5.57 Å². The molecule has 3 aromatic rings. The summed E-state index contributed by atoms with van der Waals surface area (Å²) in [6, 6.07) is 16.2. The second-order valence-electron chi connectivity index (χ2n) is 8.45. The number of carboxylic acid groups (broad SMARTS) is 1. The number of carbonyl (C=O) groups is 1. The fourth-order valence-corrected chi connectivity index (χ4v) is 4.01. The SMILES string of the molecule is CCNCc1ccccc1Cl.O=C(O)C1=C(c2ccc(OCCOc3c(F)ccc(F)c3F)cc2)CCNC1. The predicted molar refractivity (Wildman–Crippen MR) is 145 cm³/mol. The normalized spacial score (nSPS) is 12.9. The Hall–Kier alpha value is -3.53. The molecule has 0 radical (unpaired) electrons. The van der Waals surface area contributed by atoms with Crippen LogP contribution in [0.2, 0.25) is 5.02 Å². The minimum Gasteiger partial charge on any atom is -0.490 e. The summed E-state index contributed by atoms with van der Waals surface area (Å²) in [6.07, 6.45) is 0.612. The minimum absolute atomic E-state index is 0.0122. The van der Waals surface area contributed by atoms with Crippen molar-refractivity contribution in [2.75, 3.05) is 32.8 Å². The molecule has 0 spiro atoms. The highest BCUT2D eigenvalue weighted by Crippen LogP contribution is 2.27. The maximum atomic E-state index is 13.5. The molecule has 10 heteroatoms. The van der Waals surface area contributed by atoms with E-state index in [1.165, 1.54) is 0 Å². The van der Waals surface area contributed by atoms with Crippen LogP contribution in [0, 0.1) is 17.5 Å². The van der Waals surface area contributed by atoms with Crippen LogP contribution in [0.4, 0.5) is 13.2 Å². The summed E-state index contributed by atoms with van der Waals surface area (Å²) in [5.74, 6) is -4.81. The highest BCUT2D eigenvalue weighted by atomic mass is 35.5. The monoisotopic (exact) mass is 562 g/mol. The van der Waals surface area contributed by atoms with Crippen molar-refractivity contribution in [3.63, 3.8) is 0 Å². The van der Waals surface area contributed by atoms with E-state index in [2.05, 4.69) is 17.6 Å². The van der Waals surface area contributed by atoms with Gasteiger partial charge in [-0.15, -0.1) is 0 Å². The molecule has 1 aliphatic rings. The molecular formula is C29H30ClF3N2O4. The van der Waals surface area contributed by atoms with E-state index < -0.39 is 29.2 Å². The first kappa shape index (κ1) is 30.0. The zero-order valence-corrected chi connectivity index (χ0v) is 22.2. The number of benzene rings is 3. The third-order valence-corrected chi connectivity index (χ3v) is 6.17. The van der Waals surface area contributed by atoms with E-state index in [0.717, 1.165) is 40.9 Å². The average Bonchev–Trinajstić information content (AvgIpc) is 2.95.